The quantitative estimate of drug-likeness (QED) is 0.556. The van der Waals surface area contributed by atoms with E-state index in [0.717, 1.165) is 11.8 Å². The largest absolute Gasteiger partial charge is 0.368 e. The summed E-state index contributed by atoms with van der Waals surface area (Å²) in [6.07, 6.45) is 2.37. The molecule has 2 aliphatic rings. The topological polar surface area (TPSA) is 29.5 Å². The van der Waals surface area contributed by atoms with Gasteiger partial charge < -0.3 is 9.84 Å². The number of hydrogen-bond donors (Lipinski definition) is 1. The van der Waals surface area contributed by atoms with Crippen molar-refractivity contribution in [2.45, 2.75) is 32.2 Å². The standard InChI is InChI=1S/C7H12O2/c1-4(8)9-7-3-5-2-6(5)7/h4-8H,2-3H2,1H3. The summed E-state index contributed by atoms with van der Waals surface area (Å²) in [7, 11) is 0. The summed E-state index contributed by atoms with van der Waals surface area (Å²) >= 11 is 0. The maximum atomic E-state index is 8.80. The number of rotatable bonds is 2. The van der Waals surface area contributed by atoms with E-state index in [4.69, 9.17) is 9.84 Å². The number of aliphatic hydroxyl groups excluding tert-OH is 1. The summed E-state index contributed by atoms with van der Waals surface area (Å²) in [4.78, 5) is 0. The summed E-state index contributed by atoms with van der Waals surface area (Å²) in [6, 6.07) is 0. The predicted molar refractivity (Wildman–Crippen MR) is 32.8 cm³/mol. The third kappa shape index (κ3) is 0.864. The van der Waals surface area contributed by atoms with Crippen molar-refractivity contribution < 1.29 is 9.84 Å². The van der Waals surface area contributed by atoms with Crippen LogP contribution >= 0.6 is 0 Å². The zero-order valence-corrected chi connectivity index (χ0v) is 5.58. The molecule has 0 aromatic rings. The van der Waals surface area contributed by atoms with Crippen LogP contribution < -0.4 is 0 Å². The Morgan fingerprint density at radius 2 is 2.33 bits per heavy atom. The number of ether oxygens (including phenoxy) is 1. The smallest absolute Gasteiger partial charge is 0.152 e. The monoisotopic (exact) mass is 128 g/mol. The van der Waals surface area contributed by atoms with Crippen LogP contribution in [0.3, 0.4) is 0 Å². The average molecular weight is 128 g/mol. The van der Waals surface area contributed by atoms with Gasteiger partial charge in [-0.1, -0.05) is 0 Å². The molecule has 2 rings (SSSR count). The second kappa shape index (κ2) is 1.70. The zero-order chi connectivity index (χ0) is 6.43. The second-order valence-electron chi connectivity index (χ2n) is 3.17. The molecule has 4 atom stereocenters. The van der Waals surface area contributed by atoms with E-state index >= 15 is 0 Å². The highest BCUT2D eigenvalue weighted by Crippen LogP contribution is 2.57. The Bertz CT molecular complexity index is 122. The van der Waals surface area contributed by atoms with Crippen molar-refractivity contribution in [1.82, 2.24) is 0 Å². The normalized spacial score (nSPS) is 49.3. The van der Waals surface area contributed by atoms with Gasteiger partial charge in [0.05, 0.1) is 6.10 Å². The van der Waals surface area contributed by atoms with Gasteiger partial charge in [0.15, 0.2) is 6.29 Å². The highest BCUT2D eigenvalue weighted by Gasteiger charge is 2.54. The molecule has 1 N–H and O–H groups in total. The van der Waals surface area contributed by atoms with Gasteiger partial charge in [-0.3, -0.25) is 0 Å². The third-order valence-electron chi connectivity index (χ3n) is 2.36. The maximum absolute atomic E-state index is 8.80. The van der Waals surface area contributed by atoms with Gasteiger partial charge in [-0.25, -0.2) is 0 Å². The van der Waals surface area contributed by atoms with Gasteiger partial charge in [0.2, 0.25) is 0 Å². The number of fused-ring (bicyclic) bond motifs is 1. The Balaban J connectivity index is 1.75. The van der Waals surface area contributed by atoms with Crippen molar-refractivity contribution >= 4 is 0 Å². The van der Waals surface area contributed by atoms with Crippen molar-refractivity contribution in [3.8, 4) is 0 Å². The SMILES string of the molecule is CC(O)OC1CC2CC21. The van der Waals surface area contributed by atoms with Gasteiger partial charge in [-0.2, -0.15) is 0 Å². The van der Waals surface area contributed by atoms with Crippen LogP contribution in [0.2, 0.25) is 0 Å². The van der Waals surface area contributed by atoms with Gasteiger partial charge >= 0.3 is 0 Å². The minimum Gasteiger partial charge on any atom is -0.368 e. The Hall–Kier alpha value is -0.0800. The zero-order valence-electron chi connectivity index (χ0n) is 5.58. The Morgan fingerprint density at radius 3 is 2.67 bits per heavy atom. The van der Waals surface area contributed by atoms with Gasteiger partial charge in [0, 0.05) is 0 Å². The third-order valence-corrected chi connectivity index (χ3v) is 2.36. The fraction of sp³-hybridized carbons (Fsp3) is 1.00. The van der Waals surface area contributed by atoms with Crippen molar-refractivity contribution in [2.75, 3.05) is 0 Å². The van der Waals surface area contributed by atoms with E-state index in [1.54, 1.807) is 6.92 Å². The summed E-state index contributed by atoms with van der Waals surface area (Å²) in [5.41, 5.74) is 0. The summed E-state index contributed by atoms with van der Waals surface area (Å²) < 4.78 is 5.20. The summed E-state index contributed by atoms with van der Waals surface area (Å²) in [6.45, 7) is 1.68. The van der Waals surface area contributed by atoms with Gasteiger partial charge in [0.1, 0.15) is 0 Å². The number of aliphatic hydroxyl groups is 1. The molecular weight excluding hydrogens is 116 g/mol. The molecule has 0 heterocycles. The number of hydrogen-bond acceptors (Lipinski definition) is 2. The molecule has 0 aliphatic heterocycles. The van der Waals surface area contributed by atoms with Crippen LogP contribution in [0.1, 0.15) is 19.8 Å². The molecule has 2 nitrogen and oxygen atoms in total. The fourth-order valence-electron chi connectivity index (χ4n) is 1.68. The lowest BCUT2D eigenvalue weighted by atomic mass is 9.96. The molecule has 0 aromatic carbocycles. The van der Waals surface area contributed by atoms with Crippen molar-refractivity contribution in [3.63, 3.8) is 0 Å². The lowest BCUT2D eigenvalue weighted by Gasteiger charge is -2.26. The first kappa shape index (κ1) is 5.69. The molecule has 2 fully saturated rings. The van der Waals surface area contributed by atoms with E-state index in [2.05, 4.69) is 0 Å². The average Bonchev–Trinajstić information content (AvgIpc) is 2.35. The van der Waals surface area contributed by atoms with E-state index in [-0.39, 0.29) is 0 Å². The van der Waals surface area contributed by atoms with Crippen LogP contribution in [0.4, 0.5) is 0 Å². The van der Waals surface area contributed by atoms with Crippen molar-refractivity contribution in [3.05, 3.63) is 0 Å². The predicted octanol–water partition coefficient (Wildman–Crippen LogP) is 0.750. The summed E-state index contributed by atoms with van der Waals surface area (Å²) in [5.74, 6) is 1.79. The minimum atomic E-state index is -0.559. The molecule has 2 aliphatic carbocycles. The lowest BCUT2D eigenvalue weighted by molar-refractivity contribution is -0.149. The molecule has 2 saturated carbocycles. The van der Waals surface area contributed by atoms with Crippen LogP contribution in [0, 0.1) is 11.8 Å². The fourth-order valence-corrected chi connectivity index (χ4v) is 1.68. The molecule has 0 spiro atoms. The molecule has 9 heavy (non-hydrogen) atoms. The maximum Gasteiger partial charge on any atom is 0.152 e. The highest BCUT2D eigenvalue weighted by atomic mass is 16.6. The highest BCUT2D eigenvalue weighted by molar-refractivity contribution is 5.03. The first-order chi connectivity index (χ1) is 4.27. The van der Waals surface area contributed by atoms with Crippen molar-refractivity contribution in [2.24, 2.45) is 11.8 Å². The first-order valence-corrected chi connectivity index (χ1v) is 3.61. The van der Waals surface area contributed by atoms with Gasteiger partial charge in [-0.05, 0) is 31.6 Å². The van der Waals surface area contributed by atoms with Crippen LogP contribution in [0.5, 0.6) is 0 Å². The van der Waals surface area contributed by atoms with Gasteiger partial charge in [0.25, 0.3) is 0 Å². The first-order valence-electron chi connectivity index (χ1n) is 3.61. The molecule has 0 radical (unpaired) electrons. The van der Waals surface area contributed by atoms with Crippen LogP contribution in [0.15, 0.2) is 0 Å². The van der Waals surface area contributed by atoms with E-state index in [1.807, 2.05) is 0 Å². The molecular formula is C7H12O2. The molecule has 0 saturated heterocycles. The van der Waals surface area contributed by atoms with Crippen LogP contribution in [-0.2, 0) is 4.74 Å². The van der Waals surface area contributed by atoms with Crippen LogP contribution in [0.25, 0.3) is 0 Å². The Kier molecular flexibility index (Phi) is 1.08. The van der Waals surface area contributed by atoms with Crippen LogP contribution in [-0.4, -0.2) is 17.5 Å². The van der Waals surface area contributed by atoms with E-state index < -0.39 is 6.29 Å². The molecule has 0 amide bonds. The Labute approximate surface area is 54.8 Å². The molecule has 2 heteroatoms. The lowest BCUT2D eigenvalue weighted by Crippen LogP contribution is -2.29. The minimum absolute atomic E-state index is 0.398. The van der Waals surface area contributed by atoms with Crippen molar-refractivity contribution in [1.29, 1.82) is 0 Å². The van der Waals surface area contributed by atoms with E-state index in [9.17, 15) is 0 Å². The van der Waals surface area contributed by atoms with E-state index in [0.29, 0.717) is 6.10 Å². The molecule has 4 unspecified atom stereocenters. The second-order valence-corrected chi connectivity index (χ2v) is 3.17. The Morgan fingerprint density at radius 1 is 1.56 bits per heavy atom. The molecule has 0 aromatic heterocycles. The molecule has 52 valence electrons. The van der Waals surface area contributed by atoms with E-state index in [1.165, 1.54) is 12.8 Å². The summed E-state index contributed by atoms with van der Waals surface area (Å²) in [5, 5.41) is 8.80. The molecule has 0 bridgehead atoms. The van der Waals surface area contributed by atoms with Gasteiger partial charge in [-0.15, -0.1) is 0 Å².